The van der Waals surface area contributed by atoms with E-state index in [0.717, 1.165) is 16.9 Å². The van der Waals surface area contributed by atoms with Gasteiger partial charge in [-0.25, -0.2) is 9.37 Å². The lowest BCUT2D eigenvalue weighted by Gasteiger charge is -1.94. The lowest BCUT2D eigenvalue weighted by molar-refractivity contribution is 0.472. The molecule has 1 N–H and O–H groups in total. The normalized spacial score (nSPS) is 10.9. The summed E-state index contributed by atoms with van der Waals surface area (Å²) in [4.78, 5) is 4.38. The summed E-state index contributed by atoms with van der Waals surface area (Å²) in [7, 11) is 0. The number of fused-ring (bicyclic) bond motifs is 1. The minimum absolute atomic E-state index is 0.181. The molecule has 0 spiro atoms. The SMILES string of the molecule is Oc1ccc2nc(-c3ccc(F)cc3)cn2c1. The Kier molecular flexibility index (Phi) is 2.08. The second-order valence-electron chi connectivity index (χ2n) is 3.79. The fourth-order valence-electron chi connectivity index (χ4n) is 1.74. The molecule has 0 unspecified atom stereocenters. The maximum absolute atomic E-state index is 12.8. The molecule has 2 aromatic heterocycles. The molecule has 0 radical (unpaired) electrons. The van der Waals surface area contributed by atoms with Crippen molar-refractivity contribution in [2.24, 2.45) is 0 Å². The number of halogens is 1. The largest absolute Gasteiger partial charge is 0.506 e. The first-order valence-corrected chi connectivity index (χ1v) is 5.16. The predicted molar refractivity (Wildman–Crippen MR) is 62.3 cm³/mol. The lowest BCUT2D eigenvalue weighted by Crippen LogP contribution is -1.79. The lowest BCUT2D eigenvalue weighted by atomic mass is 10.2. The van der Waals surface area contributed by atoms with E-state index in [4.69, 9.17) is 0 Å². The van der Waals surface area contributed by atoms with Gasteiger partial charge < -0.3 is 9.51 Å². The number of hydrogen-bond acceptors (Lipinski definition) is 2. The molecular formula is C13H9FN2O. The van der Waals surface area contributed by atoms with Crippen LogP contribution in [0.15, 0.2) is 48.8 Å². The van der Waals surface area contributed by atoms with Crippen LogP contribution in [-0.4, -0.2) is 14.5 Å². The first-order chi connectivity index (χ1) is 8.22. The maximum atomic E-state index is 12.8. The third-order valence-corrected chi connectivity index (χ3v) is 2.58. The molecule has 0 aliphatic carbocycles. The van der Waals surface area contributed by atoms with Crippen LogP contribution in [-0.2, 0) is 0 Å². The average Bonchev–Trinajstić information content (AvgIpc) is 2.72. The molecule has 84 valence electrons. The van der Waals surface area contributed by atoms with Crippen molar-refractivity contribution in [1.82, 2.24) is 9.38 Å². The third-order valence-electron chi connectivity index (χ3n) is 2.58. The monoisotopic (exact) mass is 228 g/mol. The van der Waals surface area contributed by atoms with Crippen LogP contribution in [0.3, 0.4) is 0 Å². The van der Waals surface area contributed by atoms with Gasteiger partial charge >= 0.3 is 0 Å². The van der Waals surface area contributed by atoms with Crippen LogP contribution in [0.5, 0.6) is 5.75 Å². The third kappa shape index (κ3) is 1.73. The second-order valence-corrected chi connectivity index (χ2v) is 3.79. The number of pyridine rings is 1. The molecule has 4 heteroatoms. The first-order valence-electron chi connectivity index (χ1n) is 5.16. The Morgan fingerprint density at radius 2 is 1.76 bits per heavy atom. The minimum Gasteiger partial charge on any atom is -0.506 e. The molecule has 0 amide bonds. The topological polar surface area (TPSA) is 37.5 Å². The Labute approximate surface area is 96.8 Å². The Balaban J connectivity index is 2.14. The zero-order valence-electron chi connectivity index (χ0n) is 8.84. The molecule has 3 rings (SSSR count). The number of imidazole rings is 1. The molecular weight excluding hydrogens is 219 g/mol. The van der Waals surface area contributed by atoms with Gasteiger partial charge in [0.25, 0.3) is 0 Å². The summed E-state index contributed by atoms with van der Waals surface area (Å²) < 4.78 is 14.5. The van der Waals surface area contributed by atoms with Gasteiger partial charge in [0.2, 0.25) is 0 Å². The number of nitrogens with zero attached hydrogens (tertiary/aromatic N) is 2. The Morgan fingerprint density at radius 3 is 2.53 bits per heavy atom. The quantitative estimate of drug-likeness (QED) is 0.695. The summed E-state index contributed by atoms with van der Waals surface area (Å²) in [5.41, 5.74) is 2.33. The molecule has 17 heavy (non-hydrogen) atoms. The standard InChI is InChI=1S/C13H9FN2O/c14-10-3-1-9(2-4-10)12-8-16-7-11(17)5-6-13(16)15-12/h1-8,17H. The van der Waals surface area contributed by atoms with Gasteiger partial charge in [-0.3, -0.25) is 0 Å². The maximum Gasteiger partial charge on any atom is 0.137 e. The first kappa shape index (κ1) is 9.84. The molecule has 2 heterocycles. The van der Waals surface area contributed by atoms with Crippen molar-refractivity contribution >= 4 is 5.65 Å². The van der Waals surface area contributed by atoms with Crippen molar-refractivity contribution in [2.75, 3.05) is 0 Å². The van der Waals surface area contributed by atoms with Gasteiger partial charge in [0.05, 0.1) is 11.9 Å². The summed E-state index contributed by atoms with van der Waals surface area (Å²) in [6.45, 7) is 0. The van der Waals surface area contributed by atoms with Crippen LogP contribution in [0.4, 0.5) is 4.39 Å². The number of aromatic nitrogens is 2. The highest BCUT2D eigenvalue weighted by Gasteiger charge is 2.04. The van der Waals surface area contributed by atoms with Crippen molar-refractivity contribution in [1.29, 1.82) is 0 Å². The van der Waals surface area contributed by atoms with Crippen LogP contribution in [0.2, 0.25) is 0 Å². The molecule has 0 aliphatic heterocycles. The Bertz CT molecular complexity index is 673. The van der Waals surface area contributed by atoms with Crippen molar-refractivity contribution in [2.45, 2.75) is 0 Å². The van der Waals surface area contributed by atoms with Gasteiger partial charge in [0.15, 0.2) is 0 Å². The smallest absolute Gasteiger partial charge is 0.137 e. The zero-order chi connectivity index (χ0) is 11.8. The van der Waals surface area contributed by atoms with Crippen molar-refractivity contribution in [3.05, 3.63) is 54.6 Å². The van der Waals surface area contributed by atoms with E-state index >= 15 is 0 Å². The van der Waals surface area contributed by atoms with Crippen LogP contribution in [0, 0.1) is 5.82 Å². The van der Waals surface area contributed by atoms with Crippen LogP contribution in [0.1, 0.15) is 0 Å². The second kappa shape index (κ2) is 3.59. The van der Waals surface area contributed by atoms with Crippen molar-refractivity contribution in [3.8, 4) is 17.0 Å². The van der Waals surface area contributed by atoms with Crippen molar-refractivity contribution < 1.29 is 9.50 Å². The zero-order valence-corrected chi connectivity index (χ0v) is 8.84. The van der Waals surface area contributed by atoms with Gasteiger partial charge in [-0.15, -0.1) is 0 Å². The fraction of sp³-hybridized carbons (Fsp3) is 0. The summed E-state index contributed by atoms with van der Waals surface area (Å²) in [6, 6.07) is 9.46. The molecule has 0 atom stereocenters. The van der Waals surface area contributed by atoms with Gasteiger partial charge in [-0.1, -0.05) is 0 Å². The average molecular weight is 228 g/mol. The van der Waals surface area contributed by atoms with E-state index in [1.807, 2.05) is 0 Å². The van der Waals surface area contributed by atoms with E-state index in [0.29, 0.717) is 0 Å². The Hall–Kier alpha value is -2.36. The van der Waals surface area contributed by atoms with E-state index in [9.17, 15) is 9.50 Å². The van der Waals surface area contributed by atoms with Crippen molar-refractivity contribution in [3.63, 3.8) is 0 Å². The van der Waals surface area contributed by atoms with Gasteiger partial charge in [-0.05, 0) is 36.4 Å². The van der Waals surface area contributed by atoms with E-state index in [1.54, 1.807) is 41.1 Å². The van der Waals surface area contributed by atoms with E-state index in [-0.39, 0.29) is 11.6 Å². The summed E-state index contributed by atoms with van der Waals surface area (Å²) in [5, 5.41) is 9.35. The fourth-order valence-corrected chi connectivity index (χ4v) is 1.74. The van der Waals surface area contributed by atoms with Gasteiger partial charge in [-0.2, -0.15) is 0 Å². The molecule has 1 aromatic carbocycles. The van der Waals surface area contributed by atoms with Gasteiger partial charge in [0.1, 0.15) is 17.2 Å². The van der Waals surface area contributed by atoms with E-state index in [1.165, 1.54) is 12.1 Å². The number of aromatic hydroxyl groups is 1. The van der Waals surface area contributed by atoms with E-state index in [2.05, 4.69) is 4.98 Å². The van der Waals surface area contributed by atoms with Gasteiger partial charge in [0, 0.05) is 11.8 Å². The van der Waals surface area contributed by atoms with E-state index < -0.39 is 0 Å². The highest BCUT2D eigenvalue weighted by Crippen LogP contribution is 2.20. The molecule has 0 fully saturated rings. The minimum atomic E-state index is -0.268. The number of rotatable bonds is 1. The molecule has 0 aliphatic rings. The number of hydrogen-bond donors (Lipinski definition) is 1. The molecule has 3 aromatic rings. The predicted octanol–water partition coefficient (Wildman–Crippen LogP) is 2.85. The highest BCUT2D eigenvalue weighted by molar-refractivity contribution is 5.62. The van der Waals surface area contributed by atoms with Crippen LogP contribution in [0.25, 0.3) is 16.9 Å². The molecule has 0 saturated carbocycles. The number of benzene rings is 1. The summed E-state index contributed by atoms with van der Waals surface area (Å²) >= 11 is 0. The van der Waals surface area contributed by atoms with Crippen LogP contribution >= 0.6 is 0 Å². The summed E-state index contributed by atoms with van der Waals surface area (Å²) in [5.74, 6) is -0.0873. The highest BCUT2D eigenvalue weighted by atomic mass is 19.1. The Morgan fingerprint density at radius 1 is 1.00 bits per heavy atom. The molecule has 0 bridgehead atoms. The summed E-state index contributed by atoms with van der Waals surface area (Å²) in [6.07, 6.45) is 3.37. The van der Waals surface area contributed by atoms with Crippen LogP contribution < -0.4 is 0 Å². The molecule has 3 nitrogen and oxygen atoms in total. The molecule has 0 saturated heterocycles.